The van der Waals surface area contributed by atoms with Crippen molar-refractivity contribution in [1.82, 2.24) is 9.88 Å². The van der Waals surface area contributed by atoms with Crippen molar-refractivity contribution in [3.8, 4) is 0 Å². The summed E-state index contributed by atoms with van der Waals surface area (Å²) < 4.78 is 4.66. The minimum absolute atomic E-state index is 0.326. The molecular formula is C12H19N3O2S. The Labute approximate surface area is 111 Å². The van der Waals surface area contributed by atoms with Gasteiger partial charge in [-0.1, -0.05) is 11.3 Å². The summed E-state index contributed by atoms with van der Waals surface area (Å²) in [5, 5.41) is 4.11. The first-order valence-electron chi connectivity index (χ1n) is 6.22. The molecular weight excluding hydrogens is 250 g/mol. The highest BCUT2D eigenvalue weighted by Gasteiger charge is 2.16. The van der Waals surface area contributed by atoms with E-state index in [-0.39, 0.29) is 5.97 Å². The predicted molar refractivity (Wildman–Crippen MR) is 72.2 cm³/mol. The zero-order chi connectivity index (χ0) is 13.0. The van der Waals surface area contributed by atoms with E-state index in [2.05, 4.69) is 26.9 Å². The molecule has 1 unspecified atom stereocenters. The number of hydrogen-bond acceptors (Lipinski definition) is 6. The smallest absolute Gasteiger partial charge is 0.349 e. The number of aromatic nitrogens is 1. The first kappa shape index (κ1) is 13.3. The summed E-state index contributed by atoms with van der Waals surface area (Å²) in [6.07, 6.45) is 4.16. The number of carbonyl (C=O) groups is 1. The highest BCUT2D eigenvalue weighted by molar-refractivity contribution is 7.17. The van der Waals surface area contributed by atoms with Crippen molar-refractivity contribution < 1.29 is 9.53 Å². The van der Waals surface area contributed by atoms with Crippen LogP contribution < -0.4 is 5.32 Å². The van der Waals surface area contributed by atoms with Gasteiger partial charge in [0.25, 0.3) is 0 Å². The number of esters is 1. The zero-order valence-electron chi connectivity index (χ0n) is 10.8. The number of rotatable bonds is 5. The second-order valence-corrected chi connectivity index (χ2v) is 5.60. The van der Waals surface area contributed by atoms with Gasteiger partial charge in [-0.25, -0.2) is 9.78 Å². The Kier molecular flexibility index (Phi) is 4.54. The molecule has 2 rings (SSSR count). The maximum absolute atomic E-state index is 11.3. The molecule has 1 aliphatic rings. The molecule has 0 spiro atoms. The molecule has 18 heavy (non-hydrogen) atoms. The van der Waals surface area contributed by atoms with Gasteiger partial charge in [0.2, 0.25) is 0 Å². The fourth-order valence-corrected chi connectivity index (χ4v) is 2.99. The van der Waals surface area contributed by atoms with Crippen LogP contribution in [-0.4, -0.2) is 48.6 Å². The van der Waals surface area contributed by atoms with Crippen molar-refractivity contribution in [3.05, 3.63) is 11.1 Å². The summed E-state index contributed by atoms with van der Waals surface area (Å²) in [4.78, 5) is 18.5. The van der Waals surface area contributed by atoms with Gasteiger partial charge in [0.1, 0.15) is 4.88 Å². The van der Waals surface area contributed by atoms with Gasteiger partial charge in [-0.15, -0.1) is 0 Å². The van der Waals surface area contributed by atoms with Crippen LogP contribution in [0.5, 0.6) is 0 Å². The lowest BCUT2D eigenvalue weighted by Crippen LogP contribution is -2.32. The topological polar surface area (TPSA) is 54.5 Å². The molecule has 5 nitrogen and oxygen atoms in total. The molecule has 1 aromatic heterocycles. The molecule has 1 N–H and O–H groups in total. The van der Waals surface area contributed by atoms with E-state index in [1.54, 1.807) is 6.20 Å². The Morgan fingerprint density at radius 1 is 1.61 bits per heavy atom. The number of hydrogen-bond donors (Lipinski definition) is 1. The van der Waals surface area contributed by atoms with Crippen LogP contribution in [0.25, 0.3) is 0 Å². The van der Waals surface area contributed by atoms with Crippen molar-refractivity contribution in [3.63, 3.8) is 0 Å². The van der Waals surface area contributed by atoms with E-state index >= 15 is 0 Å². The molecule has 0 aliphatic carbocycles. The first-order chi connectivity index (χ1) is 8.69. The van der Waals surface area contributed by atoms with Gasteiger partial charge in [0, 0.05) is 12.6 Å². The summed E-state index contributed by atoms with van der Waals surface area (Å²) in [6.45, 7) is 5.54. The fourth-order valence-electron chi connectivity index (χ4n) is 2.14. The summed E-state index contributed by atoms with van der Waals surface area (Å²) in [7, 11) is 1.38. The quantitative estimate of drug-likeness (QED) is 0.826. The maximum atomic E-state index is 11.3. The Balaban J connectivity index is 1.84. The SMILES string of the molecule is COC(=O)c1cnc(NC(C)CN2CCCC2)s1. The number of ether oxygens (including phenoxy) is 1. The molecule has 1 aromatic rings. The first-order valence-corrected chi connectivity index (χ1v) is 7.03. The van der Waals surface area contributed by atoms with Crippen molar-refractivity contribution in [1.29, 1.82) is 0 Å². The minimum Gasteiger partial charge on any atom is -0.465 e. The number of likely N-dealkylation sites (tertiary alicyclic amines) is 1. The van der Waals surface area contributed by atoms with E-state index in [9.17, 15) is 4.79 Å². The normalized spacial score (nSPS) is 17.7. The minimum atomic E-state index is -0.326. The summed E-state index contributed by atoms with van der Waals surface area (Å²) in [5.74, 6) is -0.326. The van der Waals surface area contributed by atoms with Crippen LogP contribution in [0.1, 0.15) is 29.4 Å². The molecule has 100 valence electrons. The van der Waals surface area contributed by atoms with Gasteiger partial charge >= 0.3 is 5.97 Å². The Morgan fingerprint density at radius 3 is 3.00 bits per heavy atom. The summed E-state index contributed by atoms with van der Waals surface area (Å²) in [5.41, 5.74) is 0. The van der Waals surface area contributed by atoms with Gasteiger partial charge in [-0.3, -0.25) is 0 Å². The molecule has 0 aromatic carbocycles. The lowest BCUT2D eigenvalue weighted by atomic mass is 10.3. The average molecular weight is 269 g/mol. The van der Waals surface area contributed by atoms with E-state index in [0.29, 0.717) is 10.9 Å². The van der Waals surface area contributed by atoms with Crippen molar-refractivity contribution >= 4 is 22.4 Å². The van der Waals surface area contributed by atoms with Crippen LogP contribution in [0.15, 0.2) is 6.20 Å². The molecule has 1 saturated heterocycles. The fraction of sp³-hybridized carbons (Fsp3) is 0.667. The third kappa shape index (κ3) is 3.43. The van der Waals surface area contributed by atoms with Gasteiger partial charge in [-0.2, -0.15) is 0 Å². The van der Waals surface area contributed by atoms with Gasteiger partial charge < -0.3 is 15.0 Å². The number of nitrogens with zero attached hydrogens (tertiary/aromatic N) is 2. The number of carbonyl (C=O) groups excluding carboxylic acids is 1. The Hall–Kier alpha value is -1.14. The molecule has 0 saturated carbocycles. The Bertz CT molecular complexity index is 402. The van der Waals surface area contributed by atoms with Crippen LogP contribution >= 0.6 is 11.3 Å². The van der Waals surface area contributed by atoms with E-state index in [1.807, 2.05) is 0 Å². The molecule has 1 atom stereocenters. The lowest BCUT2D eigenvalue weighted by Gasteiger charge is -2.20. The van der Waals surface area contributed by atoms with E-state index in [1.165, 1.54) is 44.4 Å². The maximum Gasteiger partial charge on any atom is 0.349 e. The summed E-state index contributed by atoms with van der Waals surface area (Å²) >= 11 is 1.34. The van der Waals surface area contributed by atoms with E-state index in [4.69, 9.17) is 0 Å². The number of anilines is 1. The van der Waals surface area contributed by atoms with Crippen molar-refractivity contribution in [2.24, 2.45) is 0 Å². The van der Waals surface area contributed by atoms with Gasteiger partial charge in [0.15, 0.2) is 5.13 Å². The molecule has 0 bridgehead atoms. The van der Waals surface area contributed by atoms with Crippen molar-refractivity contribution in [2.45, 2.75) is 25.8 Å². The van der Waals surface area contributed by atoms with Crippen LogP contribution in [-0.2, 0) is 4.74 Å². The summed E-state index contributed by atoms with van der Waals surface area (Å²) in [6, 6.07) is 0.333. The third-order valence-electron chi connectivity index (χ3n) is 2.99. The third-order valence-corrected chi connectivity index (χ3v) is 3.90. The molecule has 0 amide bonds. The molecule has 2 heterocycles. The monoisotopic (exact) mass is 269 g/mol. The standard InChI is InChI=1S/C12H19N3O2S/c1-9(8-15-5-3-4-6-15)14-12-13-7-10(18-12)11(16)17-2/h7,9H,3-6,8H2,1-2H3,(H,13,14). The average Bonchev–Trinajstić information content (AvgIpc) is 2.99. The largest absolute Gasteiger partial charge is 0.465 e. The van der Waals surface area contributed by atoms with Crippen LogP contribution in [0, 0.1) is 0 Å². The number of thiazole rings is 1. The van der Waals surface area contributed by atoms with Crippen molar-refractivity contribution in [2.75, 3.05) is 32.1 Å². The highest BCUT2D eigenvalue weighted by Crippen LogP contribution is 2.20. The second kappa shape index (κ2) is 6.15. The molecule has 1 aliphatic heterocycles. The Morgan fingerprint density at radius 2 is 2.33 bits per heavy atom. The number of nitrogens with one attached hydrogen (secondary N) is 1. The van der Waals surface area contributed by atoms with Crippen LogP contribution in [0.3, 0.4) is 0 Å². The van der Waals surface area contributed by atoms with Gasteiger partial charge in [-0.05, 0) is 32.9 Å². The zero-order valence-corrected chi connectivity index (χ0v) is 11.6. The lowest BCUT2D eigenvalue weighted by molar-refractivity contribution is 0.0606. The molecule has 0 radical (unpaired) electrons. The van der Waals surface area contributed by atoms with Crippen LogP contribution in [0.2, 0.25) is 0 Å². The second-order valence-electron chi connectivity index (χ2n) is 4.57. The van der Waals surface area contributed by atoms with E-state index < -0.39 is 0 Å². The predicted octanol–water partition coefficient (Wildman–Crippen LogP) is 1.83. The van der Waals surface area contributed by atoms with Crippen LogP contribution in [0.4, 0.5) is 5.13 Å². The van der Waals surface area contributed by atoms with Gasteiger partial charge in [0.05, 0.1) is 13.3 Å². The molecule has 1 fully saturated rings. The number of methoxy groups -OCH3 is 1. The molecule has 6 heteroatoms. The van der Waals surface area contributed by atoms with E-state index in [0.717, 1.165) is 11.7 Å². The highest BCUT2D eigenvalue weighted by atomic mass is 32.1.